The van der Waals surface area contributed by atoms with Crippen LogP contribution in [0.2, 0.25) is 5.02 Å². The van der Waals surface area contributed by atoms with Gasteiger partial charge in [0.1, 0.15) is 5.75 Å². The number of likely N-dealkylation sites (N-methyl/N-ethyl adjacent to an activating group) is 1. The van der Waals surface area contributed by atoms with Crippen molar-refractivity contribution < 1.29 is 9.53 Å². The maximum absolute atomic E-state index is 13.2. The highest BCUT2D eigenvalue weighted by Gasteiger charge is 2.22. The Hall–Kier alpha value is -1.86. The third-order valence-electron chi connectivity index (χ3n) is 4.22. The van der Waals surface area contributed by atoms with E-state index in [0.29, 0.717) is 22.3 Å². The summed E-state index contributed by atoms with van der Waals surface area (Å²) in [4.78, 5) is 21.7. The second-order valence-electron chi connectivity index (χ2n) is 6.55. The largest absolute Gasteiger partial charge is 0.497 e. The Kier molecular flexibility index (Phi) is 7.66. The van der Waals surface area contributed by atoms with Gasteiger partial charge in [-0.1, -0.05) is 22.9 Å². The molecular formula is C20H23Cl2N3O2S. The SMILES string of the molecule is COc1ccc(C(=O)N(CCN(C)C)c2nc3c(C)cc(Cl)cc3s2)cc1.Cl. The summed E-state index contributed by atoms with van der Waals surface area (Å²) in [6, 6.07) is 10.9. The number of carbonyl (C=O) groups is 1. The molecule has 0 unspecified atom stereocenters. The number of methoxy groups -OCH3 is 1. The van der Waals surface area contributed by atoms with Gasteiger partial charge in [0.25, 0.3) is 5.91 Å². The van der Waals surface area contributed by atoms with Gasteiger partial charge >= 0.3 is 0 Å². The number of hydrogen-bond donors (Lipinski definition) is 0. The number of carbonyl (C=O) groups excluding carboxylic acids is 1. The van der Waals surface area contributed by atoms with Gasteiger partial charge in [-0.15, -0.1) is 12.4 Å². The molecule has 0 N–H and O–H groups in total. The number of halogens is 2. The Labute approximate surface area is 180 Å². The van der Waals surface area contributed by atoms with Crippen molar-refractivity contribution in [3.63, 3.8) is 0 Å². The molecule has 8 heteroatoms. The van der Waals surface area contributed by atoms with E-state index in [2.05, 4.69) is 0 Å². The molecule has 0 fully saturated rings. The Morgan fingerprint density at radius 1 is 1.18 bits per heavy atom. The highest BCUT2D eigenvalue weighted by atomic mass is 35.5. The molecule has 1 aromatic heterocycles. The standard InChI is InChI=1S/C20H22ClN3O2S.ClH/c1-13-11-15(21)12-17-18(13)22-20(27-17)24(10-9-23(2)3)19(25)14-5-7-16(26-4)8-6-14;/h5-8,11-12H,9-10H2,1-4H3;1H. The third-order valence-corrected chi connectivity index (χ3v) is 5.47. The highest BCUT2D eigenvalue weighted by molar-refractivity contribution is 7.22. The van der Waals surface area contributed by atoms with E-state index in [1.807, 2.05) is 38.1 Å². The van der Waals surface area contributed by atoms with Crippen LogP contribution in [0.3, 0.4) is 0 Å². The van der Waals surface area contributed by atoms with Crippen molar-refractivity contribution in [3.05, 3.63) is 52.5 Å². The molecule has 28 heavy (non-hydrogen) atoms. The number of amides is 1. The van der Waals surface area contributed by atoms with Gasteiger partial charge in [0.15, 0.2) is 5.13 Å². The summed E-state index contributed by atoms with van der Waals surface area (Å²) < 4.78 is 6.16. The van der Waals surface area contributed by atoms with E-state index >= 15 is 0 Å². The number of thiazole rings is 1. The molecule has 3 aromatic rings. The van der Waals surface area contributed by atoms with Crippen molar-refractivity contribution in [2.75, 3.05) is 39.2 Å². The molecule has 0 saturated carbocycles. The van der Waals surface area contributed by atoms with Gasteiger partial charge in [-0.3, -0.25) is 9.69 Å². The molecule has 0 aliphatic rings. The highest BCUT2D eigenvalue weighted by Crippen LogP contribution is 2.33. The molecular weight excluding hydrogens is 417 g/mol. The topological polar surface area (TPSA) is 45.7 Å². The number of hydrogen-bond acceptors (Lipinski definition) is 5. The van der Waals surface area contributed by atoms with Crippen LogP contribution in [0.1, 0.15) is 15.9 Å². The molecule has 1 heterocycles. The molecule has 0 spiro atoms. The number of fused-ring (bicyclic) bond motifs is 1. The van der Waals surface area contributed by atoms with E-state index in [0.717, 1.165) is 28.1 Å². The Balaban J connectivity index is 0.00000280. The number of aryl methyl sites for hydroxylation is 1. The normalized spacial score (nSPS) is 10.8. The molecule has 1 amide bonds. The van der Waals surface area contributed by atoms with Crippen LogP contribution in [0.15, 0.2) is 36.4 Å². The maximum Gasteiger partial charge on any atom is 0.260 e. The minimum absolute atomic E-state index is 0. The number of benzene rings is 2. The van der Waals surface area contributed by atoms with Crippen molar-refractivity contribution in [2.24, 2.45) is 0 Å². The lowest BCUT2D eigenvalue weighted by molar-refractivity contribution is 0.0985. The van der Waals surface area contributed by atoms with Crippen LogP contribution in [0.5, 0.6) is 5.75 Å². The summed E-state index contributed by atoms with van der Waals surface area (Å²) in [6.45, 7) is 3.26. The number of anilines is 1. The molecule has 150 valence electrons. The lowest BCUT2D eigenvalue weighted by atomic mass is 10.2. The first-order valence-corrected chi connectivity index (χ1v) is 9.76. The van der Waals surface area contributed by atoms with Gasteiger partial charge in [0, 0.05) is 23.7 Å². The minimum Gasteiger partial charge on any atom is -0.497 e. The first-order valence-electron chi connectivity index (χ1n) is 8.56. The zero-order chi connectivity index (χ0) is 19.6. The van der Waals surface area contributed by atoms with E-state index in [1.54, 1.807) is 36.3 Å². The quantitative estimate of drug-likeness (QED) is 0.547. The Morgan fingerprint density at radius 2 is 1.86 bits per heavy atom. The molecule has 0 aliphatic carbocycles. The number of rotatable bonds is 6. The Morgan fingerprint density at radius 3 is 2.46 bits per heavy atom. The van der Waals surface area contributed by atoms with E-state index in [-0.39, 0.29) is 18.3 Å². The molecule has 5 nitrogen and oxygen atoms in total. The van der Waals surface area contributed by atoms with E-state index in [9.17, 15) is 4.79 Å². The Bertz CT molecular complexity index is 958. The van der Waals surface area contributed by atoms with Crippen molar-refractivity contribution in [1.82, 2.24) is 9.88 Å². The first-order chi connectivity index (χ1) is 12.9. The lowest BCUT2D eigenvalue weighted by Crippen LogP contribution is -2.36. The average Bonchev–Trinajstić information content (AvgIpc) is 3.05. The maximum atomic E-state index is 13.2. The zero-order valence-corrected chi connectivity index (χ0v) is 18.6. The van der Waals surface area contributed by atoms with Crippen LogP contribution in [0, 0.1) is 6.92 Å². The number of ether oxygens (including phenoxy) is 1. The van der Waals surface area contributed by atoms with Gasteiger partial charge in [0.2, 0.25) is 0 Å². The van der Waals surface area contributed by atoms with Crippen LogP contribution in [-0.4, -0.2) is 50.1 Å². The van der Waals surface area contributed by atoms with Crippen molar-refractivity contribution in [2.45, 2.75) is 6.92 Å². The van der Waals surface area contributed by atoms with Crippen LogP contribution in [0.4, 0.5) is 5.13 Å². The van der Waals surface area contributed by atoms with Gasteiger partial charge in [-0.25, -0.2) is 4.98 Å². The van der Waals surface area contributed by atoms with E-state index < -0.39 is 0 Å². The lowest BCUT2D eigenvalue weighted by Gasteiger charge is -2.22. The van der Waals surface area contributed by atoms with Gasteiger partial charge in [0.05, 0.1) is 17.3 Å². The van der Waals surface area contributed by atoms with Gasteiger partial charge < -0.3 is 9.64 Å². The number of nitrogens with zero attached hydrogens (tertiary/aromatic N) is 3. The van der Waals surface area contributed by atoms with Crippen molar-refractivity contribution >= 4 is 56.6 Å². The van der Waals surface area contributed by atoms with E-state index in [1.165, 1.54) is 11.3 Å². The van der Waals surface area contributed by atoms with Crippen LogP contribution >= 0.6 is 35.3 Å². The summed E-state index contributed by atoms with van der Waals surface area (Å²) in [5, 5.41) is 1.36. The fourth-order valence-corrected chi connectivity index (χ4v) is 4.18. The molecule has 0 aliphatic heterocycles. The first kappa shape index (κ1) is 22.4. The average molecular weight is 440 g/mol. The number of aromatic nitrogens is 1. The molecule has 0 radical (unpaired) electrons. The summed E-state index contributed by atoms with van der Waals surface area (Å²) in [5.41, 5.74) is 2.49. The monoisotopic (exact) mass is 439 g/mol. The van der Waals surface area contributed by atoms with Gasteiger partial charge in [-0.05, 0) is 63.0 Å². The molecule has 3 rings (SSSR count). The van der Waals surface area contributed by atoms with Crippen molar-refractivity contribution in [3.8, 4) is 5.75 Å². The van der Waals surface area contributed by atoms with Crippen LogP contribution in [0.25, 0.3) is 10.2 Å². The minimum atomic E-state index is -0.0812. The molecule has 0 atom stereocenters. The van der Waals surface area contributed by atoms with E-state index in [4.69, 9.17) is 21.3 Å². The smallest absolute Gasteiger partial charge is 0.260 e. The summed E-state index contributed by atoms with van der Waals surface area (Å²) in [6.07, 6.45) is 0. The summed E-state index contributed by atoms with van der Waals surface area (Å²) in [5.74, 6) is 0.638. The van der Waals surface area contributed by atoms with Gasteiger partial charge in [-0.2, -0.15) is 0 Å². The molecule has 0 saturated heterocycles. The predicted molar refractivity (Wildman–Crippen MR) is 120 cm³/mol. The zero-order valence-electron chi connectivity index (χ0n) is 16.2. The second-order valence-corrected chi connectivity index (χ2v) is 8.00. The molecule has 2 aromatic carbocycles. The fourth-order valence-electron chi connectivity index (χ4n) is 2.73. The third kappa shape index (κ3) is 4.94. The molecule has 0 bridgehead atoms. The van der Waals surface area contributed by atoms with Crippen LogP contribution < -0.4 is 9.64 Å². The second kappa shape index (κ2) is 9.56. The van der Waals surface area contributed by atoms with Crippen LogP contribution in [-0.2, 0) is 0 Å². The predicted octanol–water partition coefficient (Wildman–Crippen LogP) is 4.90. The summed E-state index contributed by atoms with van der Waals surface area (Å²) in [7, 11) is 5.57. The summed E-state index contributed by atoms with van der Waals surface area (Å²) >= 11 is 7.66. The van der Waals surface area contributed by atoms with Crippen molar-refractivity contribution in [1.29, 1.82) is 0 Å². The fraction of sp³-hybridized carbons (Fsp3) is 0.300.